The number of halogens is 6. The Morgan fingerprint density at radius 2 is 1.51 bits per heavy atom. The van der Waals surface area contributed by atoms with E-state index in [1.54, 1.807) is 41.0 Å². The highest BCUT2D eigenvalue weighted by Gasteiger charge is 2.36. The van der Waals surface area contributed by atoms with Crippen LogP contribution in [0.15, 0.2) is 71.7 Å². The molecule has 37 heavy (non-hydrogen) atoms. The third kappa shape index (κ3) is 5.10. The van der Waals surface area contributed by atoms with Gasteiger partial charge in [0, 0.05) is 11.6 Å². The minimum Gasteiger partial charge on any atom is -0.382 e. The molecule has 1 N–H and O–H groups in total. The molecule has 1 aromatic carbocycles. The number of fused-ring (bicyclic) bond motifs is 3. The Hall–Kier alpha value is -3.32. The molecule has 188 valence electrons. The number of imidazole rings is 2. The maximum Gasteiger partial charge on any atom is 0.416 e. The van der Waals surface area contributed by atoms with E-state index < -0.39 is 17.8 Å². The lowest BCUT2D eigenvalue weighted by Crippen LogP contribution is -2.14. The number of hydrogen-bond acceptors (Lipinski definition) is 6. The summed E-state index contributed by atoms with van der Waals surface area (Å²) in [6.07, 6.45) is -1.89. The second-order valence-corrected chi connectivity index (χ2v) is 9.24. The van der Waals surface area contributed by atoms with Crippen molar-refractivity contribution < 1.29 is 18.3 Å². The first kappa shape index (κ1) is 25.3. The maximum atomic E-state index is 13.6. The molecule has 0 saturated carbocycles. The fraction of sp³-hybridized carbons (Fsp3) is 0.0870. The third-order valence-electron chi connectivity index (χ3n) is 5.30. The van der Waals surface area contributed by atoms with Crippen LogP contribution in [0.2, 0.25) is 10.3 Å². The summed E-state index contributed by atoms with van der Waals surface area (Å²) in [4.78, 5) is 12.1. The Balaban J connectivity index is 0.000000212. The Morgan fingerprint density at radius 3 is 2.22 bits per heavy atom. The Labute approximate surface area is 224 Å². The Morgan fingerprint density at radius 1 is 0.865 bits per heavy atom. The normalized spacial score (nSPS) is 12.6. The molecule has 0 fully saturated rings. The molecular formula is C23H13BrCl2F3N7O. The quantitative estimate of drug-likeness (QED) is 0.252. The summed E-state index contributed by atoms with van der Waals surface area (Å²) in [5, 5.41) is 19.8. The molecular weight excluding hydrogens is 598 g/mol. The van der Waals surface area contributed by atoms with E-state index >= 15 is 0 Å². The maximum absolute atomic E-state index is 13.6. The average molecular weight is 611 g/mol. The number of rotatable bonds is 2. The fourth-order valence-corrected chi connectivity index (χ4v) is 4.29. The van der Waals surface area contributed by atoms with E-state index in [-0.39, 0.29) is 21.9 Å². The standard InChI is InChI=1S/C17H10ClF3N4O.C6H3BrClN3/c18-14-3-4-15-23-8-13(25(15)24-14)16(26)10-6-9-2-1-5-22-12(9)7-11(10)17(19,20)21;7-4-3-9-6-2-1-5(8)10-11(4)6/h1-8,16,26H;1-3H. The fourth-order valence-electron chi connectivity index (χ4n) is 3.65. The van der Waals surface area contributed by atoms with E-state index in [9.17, 15) is 18.3 Å². The number of nitrogens with zero attached hydrogens (tertiary/aromatic N) is 7. The molecule has 6 aromatic rings. The van der Waals surface area contributed by atoms with Gasteiger partial charge in [0.25, 0.3) is 0 Å². The highest BCUT2D eigenvalue weighted by Crippen LogP contribution is 2.38. The first-order valence-electron chi connectivity index (χ1n) is 10.4. The number of benzene rings is 1. The molecule has 8 nitrogen and oxygen atoms in total. The van der Waals surface area contributed by atoms with Gasteiger partial charge >= 0.3 is 6.18 Å². The first-order chi connectivity index (χ1) is 17.6. The molecule has 1 unspecified atom stereocenters. The van der Waals surface area contributed by atoms with Gasteiger partial charge in [0.1, 0.15) is 21.0 Å². The van der Waals surface area contributed by atoms with E-state index in [1.807, 2.05) is 0 Å². The monoisotopic (exact) mass is 609 g/mol. The minimum atomic E-state index is -4.66. The zero-order chi connectivity index (χ0) is 26.3. The van der Waals surface area contributed by atoms with E-state index in [4.69, 9.17) is 23.2 Å². The minimum absolute atomic E-state index is 0.0799. The summed E-state index contributed by atoms with van der Waals surface area (Å²) in [5.41, 5.74) is 0.141. The Kier molecular flexibility index (Phi) is 6.75. The van der Waals surface area contributed by atoms with Gasteiger partial charge < -0.3 is 5.11 Å². The molecule has 6 rings (SSSR count). The van der Waals surface area contributed by atoms with Gasteiger partial charge in [0.05, 0.1) is 29.2 Å². The summed E-state index contributed by atoms with van der Waals surface area (Å²) in [5.74, 6) is 0. The van der Waals surface area contributed by atoms with Gasteiger partial charge in [-0.3, -0.25) is 4.98 Å². The molecule has 0 spiro atoms. The molecule has 0 bridgehead atoms. The highest BCUT2D eigenvalue weighted by atomic mass is 79.9. The average Bonchev–Trinajstić information content (AvgIpc) is 3.45. The van der Waals surface area contributed by atoms with Crippen molar-refractivity contribution in [2.45, 2.75) is 12.3 Å². The predicted molar refractivity (Wildman–Crippen MR) is 135 cm³/mol. The van der Waals surface area contributed by atoms with Gasteiger partial charge in [0.2, 0.25) is 0 Å². The number of aliphatic hydroxyl groups excluding tert-OH is 1. The van der Waals surface area contributed by atoms with Crippen molar-refractivity contribution in [1.82, 2.24) is 34.2 Å². The van der Waals surface area contributed by atoms with Crippen LogP contribution in [-0.4, -0.2) is 39.3 Å². The largest absolute Gasteiger partial charge is 0.416 e. The highest BCUT2D eigenvalue weighted by molar-refractivity contribution is 9.10. The van der Waals surface area contributed by atoms with Crippen LogP contribution in [0.1, 0.15) is 22.9 Å². The van der Waals surface area contributed by atoms with Crippen LogP contribution in [0.3, 0.4) is 0 Å². The summed E-state index contributed by atoms with van der Waals surface area (Å²) < 4.78 is 44.3. The molecule has 1 atom stereocenters. The van der Waals surface area contributed by atoms with E-state index in [2.05, 4.69) is 41.1 Å². The number of aliphatic hydroxyl groups is 1. The van der Waals surface area contributed by atoms with Crippen molar-refractivity contribution in [3.05, 3.63) is 98.9 Å². The lowest BCUT2D eigenvalue weighted by Gasteiger charge is -2.18. The topological polar surface area (TPSA) is 93.5 Å². The molecule has 0 aliphatic carbocycles. The van der Waals surface area contributed by atoms with Crippen LogP contribution in [0, 0.1) is 0 Å². The van der Waals surface area contributed by atoms with E-state index in [0.29, 0.717) is 16.2 Å². The van der Waals surface area contributed by atoms with Crippen molar-refractivity contribution in [1.29, 1.82) is 0 Å². The van der Waals surface area contributed by atoms with Crippen LogP contribution in [0.4, 0.5) is 13.2 Å². The lowest BCUT2D eigenvalue weighted by atomic mass is 9.97. The molecule has 0 amide bonds. The molecule has 14 heteroatoms. The van der Waals surface area contributed by atoms with Gasteiger partial charge in [-0.1, -0.05) is 29.3 Å². The van der Waals surface area contributed by atoms with Gasteiger partial charge in [-0.2, -0.15) is 23.4 Å². The van der Waals surface area contributed by atoms with Crippen LogP contribution in [0.25, 0.3) is 22.2 Å². The molecule has 0 aliphatic heterocycles. The number of alkyl halides is 3. The number of hydrogen-bond donors (Lipinski definition) is 1. The molecule has 0 radical (unpaired) electrons. The van der Waals surface area contributed by atoms with Crippen molar-refractivity contribution in [2.24, 2.45) is 0 Å². The van der Waals surface area contributed by atoms with E-state index in [1.165, 1.54) is 29.0 Å². The first-order valence-corrected chi connectivity index (χ1v) is 12.0. The molecule has 0 saturated heterocycles. The third-order valence-corrected chi connectivity index (χ3v) is 6.24. The van der Waals surface area contributed by atoms with Crippen LogP contribution < -0.4 is 0 Å². The molecule has 5 aromatic heterocycles. The summed E-state index contributed by atoms with van der Waals surface area (Å²) >= 11 is 14.8. The van der Waals surface area contributed by atoms with Crippen molar-refractivity contribution in [3.8, 4) is 0 Å². The summed E-state index contributed by atoms with van der Waals surface area (Å²) in [6.45, 7) is 0. The van der Waals surface area contributed by atoms with Gasteiger partial charge in [-0.15, -0.1) is 0 Å². The summed E-state index contributed by atoms with van der Waals surface area (Å²) in [6, 6.07) is 12.0. The van der Waals surface area contributed by atoms with Crippen LogP contribution >= 0.6 is 39.1 Å². The van der Waals surface area contributed by atoms with Gasteiger partial charge in [-0.25, -0.2) is 19.0 Å². The predicted octanol–water partition coefficient (Wildman–Crippen LogP) is 6.18. The zero-order valence-electron chi connectivity index (χ0n) is 18.3. The number of pyridine rings is 1. The zero-order valence-corrected chi connectivity index (χ0v) is 21.4. The van der Waals surface area contributed by atoms with Gasteiger partial charge in [0.15, 0.2) is 11.3 Å². The van der Waals surface area contributed by atoms with Crippen molar-refractivity contribution in [2.75, 3.05) is 0 Å². The SMILES string of the molecule is Clc1ccc2ncc(Br)n2n1.OC(c1cc2cccnc2cc1C(F)(F)F)c1cnc2ccc(Cl)nn12. The van der Waals surface area contributed by atoms with Gasteiger partial charge in [-0.05, 0) is 64.0 Å². The summed E-state index contributed by atoms with van der Waals surface area (Å²) in [7, 11) is 0. The second-order valence-electron chi connectivity index (χ2n) is 7.65. The van der Waals surface area contributed by atoms with Crippen molar-refractivity contribution >= 4 is 61.3 Å². The van der Waals surface area contributed by atoms with Crippen LogP contribution in [-0.2, 0) is 6.18 Å². The van der Waals surface area contributed by atoms with E-state index in [0.717, 1.165) is 16.3 Å². The Bertz CT molecular complexity index is 1760. The van der Waals surface area contributed by atoms with Crippen LogP contribution in [0.5, 0.6) is 0 Å². The lowest BCUT2D eigenvalue weighted by molar-refractivity contribution is -0.138. The number of aromatic nitrogens is 7. The molecule has 0 aliphatic rings. The second kappa shape index (κ2) is 9.86. The van der Waals surface area contributed by atoms with Crippen molar-refractivity contribution in [3.63, 3.8) is 0 Å². The molecule has 5 heterocycles. The smallest absolute Gasteiger partial charge is 0.382 e.